The fourth-order valence-corrected chi connectivity index (χ4v) is 4.91. The van der Waals surface area contributed by atoms with Crippen molar-refractivity contribution in [2.24, 2.45) is 0 Å². The largest absolute Gasteiger partial charge is 0.618 e. The summed E-state index contributed by atoms with van der Waals surface area (Å²) in [6.07, 6.45) is 2.89. The molecule has 0 saturated carbocycles. The van der Waals surface area contributed by atoms with Crippen LogP contribution in [0.5, 0.6) is 0 Å². The van der Waals surface area contributed by atoms with Gasteiger partial charge >= 0.3 is 0 Å². The van der Waals surface area contributed by atoms with E-state index in [1.165, 1.54) is 24.4 Å². The Hall–Kier alpha value is -3.16. The highest BCUT2D eigenvalue weighted by atomic mass is 35.5. The average Bonchev–Trinajstić information content (AvgIpc) is 2.80. The lowest BCUT2D eigenvalue weighted by Gasteiger charge is -2.29. The molecule has 0 spiro atoms. The summed E-state index contributed by atoms with van der Waals surface area (Å²) in [6, 6.07) is 11.0. The molecule has 5 rings (SSSR count). The molecule has 1 saturated heterocycles. The molecule has 1 aliphatic heterocycles. The molecule has 2 aromatic heterocycles. The third-order valence-electron chi connectivity index (χ3n) is 6.46. The first-order chi connectivity index (χ1) is 16.3. The number of rotatable bonds is 3. The second kappa shape index (κ2) is 8.89. The van der Waals surface area contributed by atoms with Gasteiger partial charge in [-0.3, -0.25) is 0 Å². The Morgan fingerprint density at radius 1 is 1.00 bits per heavy atom. The Bertz CT molecular complexity index is 1380. The van der Waals surface area contributed by atoms with E-state index in [2.05, 4.69) is 4.90 Å². The van der Waals surface area contributed by atoms with E-state index < -0.39 is 23.0 Å². The van der Waals surface area contributed by atoms with Gasteiger partial charge in [0.25, 0.3) is 5.69 Å². The third kappa shape index (κ3) is 3.99. The molecule has 1 fully saturated rings. The van der Waals surface area contributed by atoms with Crippen LogP contribution in [0.1, 0.15) is 24.5 Å². The van der Waals surface area contributed by atoms with Crippen LogP contribution >= 0.6 is 11.6 Å². The minimum atomic E-state index is -0.857. The van der Waals surface area contributed by atoms with Gasteiger partial charge in [0.15, 0.2) is 6.20 Å². The lowest BCUT2D eigenvalue weighted by atomic mass is 9.90. The van der Waals surface area contributed by atoms with Gasteiger partial charge in [-0.25, -0.2) is 18.2 Å². The predicted octanol–water partition coefficient (Wildman–Crippen LogP) is 6.08. The Labute approximate surface area is 199 Å². The predicted molar refractivity (Wildman–Crippen MR) is 126 cm³/mol. The quantitative estimate of drug-likeness (QED) is 0.262. The smallest absolute Gasteiger partial charge is 0.256 e. The molecule has 174 valence electrons. The molecule has 1 aliphatic rings. The zero-order valence-electron chi connectivity index (χ0n) is 18.4. The van der Waals surface area contributed by atoms with Crippen LogP contribution in [0.3, 0.4) is 0 Å². The molecular formula is C26H21ClF3N3O. The van der Waals surface area contributed by atoms with Crippen molar-refractivity contribution in [2.45, 2.75) is 18.8 Å². The first-order valence-corrected chi connectivity index (χ1v) is 11.4. The van der Waals surface area contributed by atoms with Crippen molar-refractivity contribution >= 4 is 22.5 Å². The summed E-state index contributed by atoms with van der Waals surface area (Å²) >= 11 is 6.41. The van der Waals surface area contributed by atoms with Crippen molar-refractivity contribution in [3.63, 3.8) is 0 Å². The molecule has 34 heavy (non-hydrogen) atoms. The fourth-order valence-electron chi connectivity index (χ4n) is 4.64. The summed E-state index contributed by atoms with van der Waals surface area (Å²) in [4.78, 5) is 7.01. The van der Waals surface area contributed by atoms with E-state index in [1.807, 2.05) is 13.1 Å². The van der Waals surface area contributed by atoms with Crippen molar-refractivity contribution in [3.8, 4) is 22.4 Å². The van der Waals surface area contributed by atoms with Crippen molar-refractivity contribution in [1.29, 1.82) is 0 Å². The zero-order valence-corrected chi connectivity index (χ0v) is 19.1. The summed E-state index contributed by atoms with van der Waals surface area (Å²) in [7, 11) is 2.05. The third-order valence-corrected chi connectivity index (χ3v) is 6.77. The van der Waals surface area contributed by atoms with Gasteiger partial charge < -0.3 is 10.1 Å². The van der Waals surface area contributed by atoms with E-state index in [-0.39, 0.29) is 22.2 Å². The van der Waals surface area contributed by atoms with Crippen molar-refractivity contribution in [1.82, 2.24) is 9.88 Å². The lowest BCUT2D eigenvalue weighted by Crippen LogP contribution is -2.31. The number of likely N-dealkylation sites (tertiary alicyclic amines) is 1. The molecule has 4 aromatic rings. The van der Waals surface area contributed by atoms with E-state index in [0.717, 1.165) is 38.1 Å². The molecule has 0 atom stereocenters. The van der Waals surface area contributed by atoms with Crippen LogP contribution in [0.15, 0.2) is 54.7 Å². The monoisotopic (exact) mass is 483 g/mol. The maximum atomic E-state index is 14.8. The number of hydrogen-bond acceptors (Lipinski definition) is 3. The van der Waals surface area contributed by atoms with Gasteiger partial charge in [-0.15, -0.1) is 0 Å². The number of piperidine rings is 1. The Morgan fingerprint density at radius 2 is 1.71 bits per heavy atom. The molecule has 0 bridgehead atoms. The zero-order chi connectivity index (χ0) is 24.0. The topological polar surface area (TPSA) is 43.1 Å². The van der Waals surface area contributed by atoms with Gasteiger partial charge in [-0.1, -0.05) is 17.7 Å². The second-order valence-corrected chi connectivity index (χ2v) is 9.05. The highest BCUT2D eigenvalue weighted by Gasteiger charge is 2.28. The molecular weight excluding hydrogens is 463 g/mol. The summed E-state index contributed by atoms with van der Waals surface area (Å²) < 4.78 is 43.8. The highest BCUT2D eigenvalue weighted by Crippen LogP contribution is 2.39. The summed E-state index contributed by atoms with van der Waals surface area (Å²) in [5.74, 6) is -2.10. The normalized spacial score (nSPS) is 15.2. The van der Waals surface area contributed by atoms with E-state index in [1.54, 1.807) is 12.1 Å². The van der Waals surface area contributed by atoms with Gasteiger partial charge in [0.05, 0.1) is 5.02 Å². The maximum absolute atomic E-state index is 14.8. The molecule has 3 heterocycles. The van der Waals surface area contributed by atoms with Gasteiger partial charge in [-0.05, 0) is 74.9 Å². The van der Waals surface area contributed by atoms with E-state index in [4.69, 9.17) is 16.6 Å². The SMILES string of the molecule is CN1CCC(c2cc(-c3ccc(F)cc3Cl)c3cc[n+]([O-])c(-c4c(F)cccc4F)c3n2)CC1. The standard InChI is InChI=1S/C26H21ClF3N3O/c1-32-10-7-15(8-11-32)23-14-19(17-6-5-16(28)13-20(17)27)18-9-12-33(34)26(25(18)31-23)24-21(29)3-2-4-22(24)30/h2-6,9,12-15H,7-8,10-11H2,1H3. The first-order valence-electron chi connectivity index (χ1n) is 11.0. The molecule has 0 amide bonds. The number of fused-ring (bicyclic) bond motifs is 1. The van der Waals surface area contributed by atoms with E-state index in [0.29, 0.717) is 26.9 Å². The van der Waals surface area contributed by atoms with Crippen LogP contribution in [0, 0.1) is 22.7 Å². The van der Waals surface area contributed by atoms with Crippen LogP contribution in [0.25, 0.3) is 33.3 Å². The first kappa shape index (κ1) is 22.6. The van der Waals surface area contributed by atoms with Crippen molar-refractivity contribution in [2.75, 3.05) is 20.1 Å². The maximum Gasteiger partial charge on any atom is 0.256 e. The van der Waals surface area contributed by atoms with Gasteiger partial charge in [0, 0.05) is 28.6 Å². The van der Waals surface area contributed by atoms with Gasteiger partial charge in [-0.2, -0.15) is 4.73 Å². The molecule has 0 radical (unpaired) electrons. The van der Waals surface area contributed by atoms with Crippen LogP contribution in [0.2, 0.25) is 5.02 Å². The van der Waals surface area contributed by atoms with E-state index in [9.17, 15) is 18.4 Å². The molecule has 4 nitrogen and oxygen atoms in total. The number of halogens is 4. The number of hydrogen-bond donors (Lipinski definition) is 0. The molecule has 2 aromatic carbocycles. The van der Waals surface area contributed by atoms with Crippen LogP contribution in [-0.2, 0) is 0 Å². The Kier molecular flexibility index (Phi) is 5.91. The van der Waals surface area contributed by atoms with Gasteiger partial charge in [0.2, 0.25) is 0 Å². The van der Waals surface area contributed by atoms with E-state index >= 15 is 0 Å². The van der Waals surface area contributed by atoms with Crippen LogP contribution < -0.4 is 4.73 Å². The summed E-state index contributed by atoms with van der Waals surface area (Å²) in [5.41, 5.74) is 1.42. The van der Waals surface area contributed by atoms with Crippen molar-refractivity contribution in [3.05, 3.63) is 88.1 Å². The molecule has 0 unspecified atom stereocenters. The molecule has 0 aliphatic carbocycles. The van der Waals surface area contributed by atoms with Crippen LogP contribution in [0.4, 0.5) is 13.2 Å². The van der Waals surface area contributed by atoms with Crippen molar-refractivity contribution < 1.29 is 17.9 Å². The molecule has 0 N–H and O–H groups in total. The summed E-state index contributed by atoms with van der Waals surface area (Å²) in [5, 5.41) is 13.6. The van der Waals surface area contributed by atoms with Gasteiger partial charge in [0.1, 0.15) is 28.5 Å². The number of pyridine rings is 2. The number of aromatic nitrogens is 2. The Balaban J connectivity index is 1.84. The fraction of sp³-hybridized carbons (Fsp3) is 0.231. The minimum absolute atomic E-state index is 0.0946. The minimum Gasteiger partial charge on any atom is -0.618 e. The summed E-state index contributed by atoms with van der Waals surface area (Å²) in [6.45, 7) is 1.75. The highest BCUT2D eigenvalue weighted by molar-refractivity contribution is 6.33. The number of nitrogens with zero attached hydrogens (tertiary/aromatic N) is 3. The second-order valence-electron chi connectivity index (χ2n) is 8.65. The van der Waals surface area contributed by atoms with Crippen LogP contribution in [-0.4, -0.2) is 30.0 Å². The average molecular weight is 484 g/mol. The number of benzene rings is 2. The molecule has 8 heteroatoms. The lowest BCUT2D eigenvalue weighted by molar-refractivity contribution is -0.592. The Morgan fingerprint density at radius 3 is 2.38 bits per heavy atom.